The van der Waals surface area contributed by atoms with E-state index >= 15 is 0 Å². The number of hydrogen-bond donors (Lipinski definition) is 1. The molecule has 3 aromatic rings. The highest BCUT2D eigenvalue weighted by atomic mass is 32.2. The lowest BCUT2D eigenvalue weighted by Gasteiger charge is -2.11. The van der Waals surface area contributed by atoms with Gasteiger partial charge in [0.2, 0.25) is 11.7 Å². The Morgan fingerprint density at radius 3 is 3.00 bits per heavy atom. The predicted octanol–water partition coefficient (Wildman–Crippen LogP) is 3.91. The lowest BCUT2D eigenvalue weighted by Crippen LogP contribution is -2.24. The minimum atomic E-state index is -0.980. The van der Waals surface area contributed by atoms with E-state index in [0.29, 0.717) is 15.4 Å². The molecule has 0 atom stereocenters. The third-order valence-corrected chi connectivity index (χ3v) is 7.02. The van der Waals surface area contributed by atoms with Crippen molar-refractivity contribution in [3.8, 4) is 0 Å². The van der Waals surface area contributed by atoms with Crippen molar-refractivity contribution in [3.05, 3.63) is 67.6 Å². The number of aromatic nitrogens is 2. The molecule has 11 heteroatoms. The maximum absolute atomic E-state index is 13.5. The van der Waals surface area contributed by atoms with Gasteiger partial charge in [-0.05, 0) is 37.0 Å². The summed E-state index contributed by atoms with van der Waals surface area (Å²) in [6.07, 6.45) is 4.46. The smallest absolute Gasteiger partial charge is 0.306 e. The Hall–Kier alpha value is -3.05. The number of halogens is 1. The summed E-state index contributed by atoms with van der Waals surface area (Å²) < 4.78 is 15.0. The summed E-state index contributed by atoms with van der Waals surface area (Å²) >= 11 is 2.61. The fourth-order valence-corrected chi connectivity index (χ4v) is 5.63. The zero-order valence-corrected chi connectivity index (χ0v) is 17.9. The highest BCUT2D eigenvalue weighted by Gasteiger charge is 2.23. The largest absolute Gasteiger partial charge is 0.325 e. The van der Waals surface area contributed by atoms with Gasteiger partial charge in [-0.25, -0.2) is 4.98 Å². The number of fused-ring (bicyclic) bond motifs is 3. The van der Waals surface area contributed by atoms with E-state index in [-0.39, 0.29) is 23.5 Å². The number of anilines is 1. The zero-order chi connectivity index (χ0) is 22.1. The SMILES string of the molecule is C=CCn1c(SCC(=O)Nc2ccc(F)c([N+](=O)[O-])c2)nc2sc3c(c2c1=O)CCC3. The van der Waals surface area contributed by atoms with Crippen molar-refractivity contribution >= 4 is 50.6 Å². The summed E-state index contributed by atoms with van der Waals surface area (Å²) in [6.45, 7) is 3.96. The molecular weight excluding hydrogens is 443 g/mol. The van der Waals surface area contributed by atoms with Gasteiger partial charge in [-0.1, -0.05) is 17.8 Å². The van der Waals surface area contributed by atoms with Crippen molar-refractivity contribution in [3.63, 3.8) is 0 Å². The van der Waals surface area contributed by atoms with Gasteiger partial charge < -0.3 is 5.32 Å². The number of carbonyl (C=O) groups is 1. The van der Waals surface area contributed by atoms with E-state index in [1.807, 2.05) is 0 Å². The molecule has 0 unspecified atom stereocenters. The van der Waals surface area contributed by atoms with Crippen LogP contribution >= 0.6 is 23.1 Å². The molecule has 1 N–H and O–H groups in total. The topological polar surface area (TPSA) is 107 Å². The van der Waals surface area contributed by atoms with E-state index in [1.54, 1.807) is 6.08 Å². The first-order valence-electron chi connectivity index (χ1n) is 9.41. The minimum absolute atomic E-state index is 0.0780. The zero-order valence-electron chi connectivity index (χ0n) is 16.2. The van der Waals surface area contributed by atoms with Gasteiger partial charge in [0.25, 0.3) is 5.56 Å². The molecule has 160 valence electrons. The van der Waals surface area contributed by atoms with Crippen LogP contribution in [0.15, 0.2) is 40.8 Å². The number of benzene rings is 1. The fourth-order valence-electron chi connectivity index (χ4n) is 3.52. The number of thioether (sulfide) groups is 1. The molecule has 2 aromatic heterocycles. The molecule has 0 aliphatic heterocycles. The van der Waals surface area contributed by atoms with Crippen LogP contribution in [0.5, 0.6) is 0 Å². The van der Waals surface area contributed by atoms with E-state index in [9.17, 15) is 24.1 Å². The second-order valence-electron chi connectivity index (χ2n) is 6.90. The summed E-state index contributed by atoms with van der Waals surface area (Å²) in [5, 5.41) is 14.4. The Labute approximate surface area is 183 Å². The highest BCUT2D eigenvalue weighted by Crippen LogP contribution is 2.35. The van der Waals surface area contributed by atoms with E-state index in [4.69, 9.17) is 0 Å². The molecule has 0 fully saturated rings. The van der Waals surface area contributed by atoms with Gasteiger partial charge in [-0.2, -0.15) is 4.39 Å². The van der Waals surface area contributed by atoms with Crippen molar-refractivity contribution < 1.29 is 14.1 Å². The maximum atomic E-state index is 13.5. The van der Waals surface area contributed by atoms with Crippen LogP contribution in [-0.4, -0.2) is 26.1 Å². The van der Waals surface area contributed by atoms with E-state index < -0.39 is 22.3 Å². The number of rotatable bonds is 7. The van der Waals surface area contributed by atoms with E-state index in [2.05, 4.69) is 16.9 Å². The lowest BCUT2D eigenvalue weighted by atomic mass is 10.2. The number of aryl methyl sites for hydroxylation is 2. The molecule has 0 spiro atoms. The Bertz CT molecular complexity index is 1280. The van der Waals surface area contributed by atoms with Crippen LogP contribution in [0.1, 0.15) is 16.9 Å². The molecule has 0 saturated heterocycles. The third kappa shape index (κ3) is 4.10. The van der Waals surface area contributed by atoms with Crippen molar-refractivity contribution in [1.82, 2.24) is 9.55 Å². The standard InChI is InChI=1S/C20H17FN4O4S2/c1-2-8-24-19(27)17-12-4-3-5-15(12)31-18(17)23-20(24)30-10-16(26)22-11-6-7-13(21)14(9-11)25(28)29/h2,6-7,9H,1,3-5,8,10H2,(H,22,26). The summed E-state index contributed by atoms with van der Waals surface area (Å²) in [4.78, 5) is 42.0. The van der Waals surface area contributed by atoms with Gasteiger partial charge >= 0.3 is 5.69 Å². The monoisotopic (exact) mass is 460 g/mol. The predicted molar refractivity (Wildman–Crippen MR) is 119 cm³/mol. The summed E-state index contributed by atoms with van der Waals surface area (Å²) in [5.41, 5.74) is 0.340. The number of hydrogen-bond acceptors (Lipinski definition) is 7. The van der Waals surface area contributed by atoms with Crippen LogP contribution in [0, 0.1) is 15.9 Å². The molecule has 1 aliphatic carbocycles. The van der Waals surface area contributed by atoms with Gasteiger partial charge in [-0.3, -0.25) is 24.3 Å². The first-order chi connectivity index (χ1) is 14.9. The van der Waals surface area contributed by atoms with Gasteiger partial charge in [0, 0.05) is 23.2 Å². The number of thiophene rings is 1. The third-order valence-electron chi connectivity index (χ3n) is 4.86. The quantitative estimate of drug-likeness (QED) is 0.188. The number of amides is 1. The van der Waals surface area contributed by atoms with Crippen molar-refractivity contribution in [2.45, 2.75) is 31.0 Å². The number of allylic oxidation sites excluding steroid dienone is 1. The first kappa shape index (κ1) is 21.2. The number of nitrogens with zero attached hydrogens (tertiary/aromatic N) is 3. The summed E-state index contributed by atoms with van der Waals surface area (Å²) in [6, 6.07) is 3.13. The number of carbonyl (C=O) groups excluding carboxylic acids is 1. The number of nitro groups is 1. The molecule has 1 amide bonds. The Morgan fingerprint density at radius 1 is 1.45 bits per heavy atom. The van der Waals surface area contributed by atoms with Crippen LogP contribution in [0.3, 0.4) is 0 Å². The van der Waals surface area contributed by atoms with E-state index in [0.717, 1.165) is 48.7 Å². The number of nitrogens with one attached hydrogen (secondary N) is 1. The normalized spacial score (nSPS) is 12.7. The molecule has 2 heterocycles. The van der Waals surface area contributed by atoms with Gasteiger partial charge in [0.1, 0.15) is 4.83 Å². The van der Waals surface area contributed by atoms with Crippen molar-refractivity contribution in [1.29, 1.82) is 0 Å². The average Bonchev–Trinajstić information content (AvgIpc) is 3.31. The highest BCUT2D eigenvalue weighted by molar-refractivity contribution is 7.99. The molecule has 31 heavy (non-hydrogen) atoms. The van der Waals surface area contributed by atoms with Gasteiger partial charge in [0.15, 0.2) is 5.16 Å². The first-order valence-corrected chi connectivity index (χ1v) is 11.2. The van der Waals surface area contributed by atoms with Crippen LogP contribution in [0.4, 0.5) is 15.8 Å². The molecule has 0 bridgehead atoms. The van der Waals surface area contributed by atoms with Crippen LogP contribution < -0.4 is 10.9 Å². The van der Waals surface area contributed by atoms with E-state index in [1.165, 1.54) is 26.8 Å². The molecule has 0 radical (unpaired) electrons. The second-order valence-corrected chi connectivity index (χ2v) is 8.92. The maximum Gasteiger partial charge on any atom is 0.306 e. The Kier molecular flexibility index (Phi) is 5.88. The van der Waals surface area contributed by atoms with Crippen molar-refractivity contribution in [2.24, 2.45) is 0 Å². The molecular formula is C20H17FN4O4S2. The Morgan fingerprint density at radius 2 is 2.26 bits per heavy atom. The minimum Gasteiger partial charge on any atom is -0.325 e. The van der Waals surface area contributed by atoms with Crippen LogP contribution in [0.2, 0.25) is 0 Å². The molecule has 4 rings (SSSR count). The lowest BCUT2D eigenvalue weighted by molar-refractivity contribution is -0.387. The fraction of sp³-hybridized carbons (Fsp3) is 0.250. The van der Waals surface area contributed by atoms with Crippen LogP contribution in [-0.2, 0) is 24.2 Å². The summed E-state index contributed by atoms with van der Waals surface area (Å²) in [7, 11) is 0. The van der Waals surface area contributed by atoms with Crippen LogP contribution in [0.25, 0.3) is 10.2 Å². The Balaban J connectivity index is 1.56. The molecule has 1 aliphatic rings. The molecule has 1 aromatic carbocycles. The summed E-state index contributed by atoms with van der Waals surface area (Å²) in [5.74, 6) is -1.52. The molecule has 8 nitrogen and oxygen atoms in total. The van der Waals surface area contributed by atoms with Gasteiger partial charge in [0.05, 0.1) is 16.1 Å². The van der Waals surface area contributed by atoms with Gasteiger partial charge in [-0.15, -0.1) is 17.9 Å². The van der Waals surface area contributed by atoms with Crippen molar-refractivity contribution in [2.75, 3.05) is 11.1 Å². The molecule has 0 saturated carbocycles. The second kappa shape index (κ2) is 8.60. The number of nitro benzene ring substituents is 1. The average molecular weight is 461 g/mol.